The molecule has 0 bridgehead atoms. The van der Waals surface area contributed by atoms with Crippen molar-refractivity contribution in [2.45, 2.75) is 0 Å². The lowest BCUT2D eigenvalue weighted by Gasteiger charge is -2.18. The van der Waals surface area contributed by atoms with Gasteiger partial charge in [-0.05, 0) is 35.9 Å². The smallest absolute Gasteiger partial charge is 0.283 e. The van der Waals surface area contributed by atoms with Crippen molar-refractivity contribution >= 4 is 63.7 Å². The number of hydrogen-bond acceptors (Lipinski definition) is 4. The molecule has 0 spiro atoms. The van der Waals surface area contributed by atoms with E-state index in [9.17, 15) is 14.0 Å². The van der Waals surface area contributed by atoms with Gasteiger partial charge in [0.2, 0.25) is 5.91 Å². The summed E-state index contributed by atoms with van der Waals surface area (Å²) in [7, 11) is 0. The molecule has 1 heterocycles. The molecule has 30 heavy (non-hydrogen) atoms. The van der Waals surface area contributed by atoms with Gasteiger partial charge in [0.15, 0.2) is 5.17 Å². The van der Waals surface area contributed by atoms with Gasteiger partial charge < -0.3 is 5.32 Å². The molecule has 3 rings (SSSR count). The third kappa shape index (κ3) is 5.11. The maximum Gasteiger partial charge on any atom is 0.283 e. The van der Waals surface area contributed by atoms with Crippen molar-refractivity contribution in [2.24, 2.45) is 4.99 Å². The highest BCUT2D eigenvalue weighted by Gasteiger charge is 2.33. The quantitative estimate of drug-likeness (QED) is 0.488. The molecule has 0 radical (unpaired) electrons. The summed E-state index contributed by atoms with van der Waals surface area (Å²) in [5.41, 5.74) is 0.753. The van der Waals surface area contributed by atoms with E-state index in [1.165, 1.54) is 24.3 Å². The Morgan fingerprint density at radius 1 is 1.23 bits per heavy atom. The number of hydrogen-bond donors (Lipinski definition) is 1. The molecule has 0 fully saturated rings. The van der Waals surface area contributed by atoms with E-state index in [0.29, 0.717) is 22.2 Å². The Hall–Kier alpha value is -2.61. The lowest BCUT2D eigenvalue weighted by Crippen LogP contribution is -2.33. The average Bonchev–Trinajstić information content (AvgIpc) is 3.03. The van der Waals surface area contributed by atoms with Gasteiger partial charge >= 0.3 is 0 Å². The molecule has 2 amide bonds. The van der Waals surface area contributed by atoms with Crippen molar-refractivity contribution in [1.82, 2.24) is 5.32 Å². The van der Waals surface area contributed by atoms with Crippen molar-refractivity contribution in [3.05, 3.63) is 82.2 Å². The number of rotatable bonds is 6. The number of para-hydroxylation sites is 1. The van der Waals surface area contributed by atoms with E-state index in [1.807, 2.05) is 0 Å². The number of anilines is 1. The third-order valence-corrected chi connectivity index (χ3v) is 5.62. The summed E-state index contributed by atoms with van der Waals surface area (Å²) >= 11 is 13.0. The number of halogens is 3. The first-order valence-corrected chi connectivity index (χ1v) is 10.5. The minimum absolute atomic E-state index is 0.00492. The van der Waals surface area contributed by atoms with E-state index < -0.39 is 11.7 Å². The highest BCUT2D eigenvalue weighted by Crippen LogP contribution is 2.31. The average molecular weight is 464 g/mol. The van der Waals surface area contributed by atoms with Crippen LogP contribution in [0.4, 0.5) is 10.1 Å². The molecule has 1 aliphatic heterocycles. The van der Waals surface area contributed by atoms with Crippen LogP contribution >= 0.6 is 35.0 Å². The molecule has 0 unspecified atom stereocenters. The summed E-state index contributed by atoms with van der Waals surface area (Å²) in [6, 6.07) is 10.8. The molecule has 154 valence electrons. The predicted octanol–water partition coefficient (Wildman–Crippen LogP) is 4.91. The van der Waals surface area contributed by atoms with E-state index >= 15 is 0 Å². The van der Waals surface area contributed by atoms with Crippen LogP contribution in [-0.2, 0) is 9.59 Å². The molecule has 2 aromatic carbocycles. The molecule has 9 heteroatoms. The second-order valence-corrected chi connectivity index (χ2v) is 7.83. The number of amidine groups is 1. The number of carbonyl (C=O) groups is 2. The minimum atomic E-state index is -0.578. The Bertz CT molecular complexity index is 1070. The molecule has 2 aromatic rings. The normalized spacial score (nSPS) is 14.8. The zero-order valence-electron chi connectivity index (χ0n) is 15.6. The molecule has 1 N–H and O–H groups in total. The fourth-order valence-electron chi connectivity index (χ4n) is 2.57. The Balaban J connectivity index is 1.93. The van der Waals surface area contributed by atoms with E-state index in [0.717, 1.165) is 16.7 Å². The minimum Gasteiger partial charge on any atom is -0.352 e. The largest absolute Gasteiger partial charge is 0.352 e. The van der Waals surface area contributed by atoms with Crippen molar-refractivity contribution in [1.29, 1.82) is 0 Å². The van der Waals surface area contributed by atoms with Crippen LogP contribution in [0.2, 0.25) is 10.0 Å². The second kappa shape index (κ2) is 9.93. The second-order valence-electron chi connectivity index (χ2n) is 6.07. The summed E-state index contributed by atoms with van der Waals surface area (Å²) in [5, 5.41) is 3.56. The van der Waals surface area contributed by atoms with Gasteiger partial charge in [0.25, 0.3) is 5.91 Å². The van der Waals surface area contributed by atoms with Crippen molar-refractivity contribution in [3.63, 3.8) is 0 Å². The number of amides is 2. The lowest BCUT2D eigenvalue weighted by atomic mass is 10.2. The Morgan fingerprint density at radius 2 is 2.00 bits per heavy atom. The molecule has 1 aliphatic rings. The zero-order valence-corrected chi connectivity index (χ0v) is 17.9. The molecular formula is C21H16Cl2FN3O2S. The summed E-state index contributed by atoms with van der Waals surface area (Å²) in [5.74, 6) is -1.35. The van der Waals surface area contributed by atoms with E-state index in [2.05, 4.69) is 16.9 Å². The van der Waals surface area contributed by atoms with Gasteiger partial charge in [-0.1, -0.05) is 59.2 Å². The highest BCUT2D eigenvalue weighted by atomic mass is 35.5. The van der Waals surface area contributed by atoms with Crippen LogP contribution in [-0.4, -0.2) is 29.3 Å². The maximum absolute atomic E-state index is 14.4. The van der Waals surface area contributed by atoms with Crippen molar-refractivity contribution < 1.29 is 14.0 Å². The van der Waals surface area contributed by atoms with E-state index in [4.69, 9.17) is 23.2 Å². The molecule has 0 aliphatic carbocycles. The first-order chi connectivity index (χ1) is 14.4. The number of thioether (sulfide) groups is 1. The third-order valence-electron chi connectivity index (χ3n) is 3.95. The van der Waals surface area contributed by atoms with Crippen LogP contribution in [0.25, 0.3) is 6.08 Å². The lowest BCUT2D eigenvalue weighted by molar-refractivity contribution is -0.118. The maximum atomic E-state index is 14.4. The van der Waals surface area contributed by atoms with E-state index in [1.54, 1.807) is 30.3 Å². The van der Waals surface area contributed by atoms with E-state index in [-0.39, 0.29) is 28.2 Å². The van der Waals surface area contributed by atoms with Gasteiger partial charge in [-0.25, -0.2) is 9.38 Å². The molecule has 0 atom stereocenters. The summed E-state index contributed by atoms with van der Waals surface area (Å²) in [6.45, 7) is 3.86. The molecule has 0 saturated carbocycles. The Labute approximate surface area is 187 Å². The fourth-order valence-corrected chi connectivity index (χ4v) is 3.71. The van der Waals surface area contributed by atoms with Gasteiger partial charge in [0.05, 0.1) is 21.5 Å². The van der Waals surface area contributed by atoms with Gasteiger partial charge in [0, 0.05) is 6.54 Å². The van der Waals surface area contributed by atoms with Crippen LogP contribution < -0.4 is 10.2 Å². The number of aliphatic imine (C=N–C) groups is 1. The number of carbonyl (C=O) groups excluding carboxylic acids is 2. The van der Waals surface area contributed by atoms with Crippen LogP contribution in [0.5, 0.6) is 0 Å². The Morgan fingerprint density at radius 3 is 2.70 bits per heavy atom. The monoisotopic (exact) mass is 463 g/mol. The van der Waals surface area contributed by atoms with Gasteiger partial charge in [0.1, 0.15) is 11.5 Å². The summed E-state index contributed by atoms with van der Waals surface area (Å²) in [4.78, 5) is 30.5. The summed E-state index contributed by atoms with van der Waals surface area (Å²) in [6.07, 6.45) is 3.09. The SMILES string of the molecule is C=CCNC(=O)CSC1=N/C(=C/c2ccc(Cl)c(Cl)c2)C(=O)N1c1ccccc1F. The van der Waals surface area contributed by atoms with Crippen LogP contribution in [0.1, 0.15) is 5.56 Å². The van der Waals surface area contributed by atoms with Gasteiger partial charge in [-0.3, -0.25) is 14.5 Å². The number of benzene rings is 2. The number of nitrogens with zero attached hydrogens (tertiary/aromatic N) is 2. The predicted molar refractivity (Wildman–Crippen MR) is 121 cm³/mol. The van der Waals surface area contributed by atoms with Crippen LogP contribution in [0.3, 0.4) is 0 Å². The molecule has 5 nitrogen and oxygen atoms in total. The molecule has 0 saturated heterocycles. The first kappa shape index (κ1) is 22.1. The van der Waals surface area contributed by atoms with Crippen molar-refractivity contribution in [2.75, 3.05) is 17.2 Å². The first-order valence-electron chi connectivity index (χ1n) is 8.75. The molecule has 0 aromatic heterocycles. The van der Waals surface area contributed by atoms with Crippen molar-refractivity contribution in [3.8, 4) is 0 Å². The van der Waals surface area contributed by atoms with Gasteiger partial charge in [-0.2, -0.15) is 0 Å². The highest BCUT2D eigenvalue weighted by molar-refractivity contribution is 8.14. The zero-order chi connectivity index (χ0) is 21.7. The van der Waals surface area contributed by atoms with Gasteiger partial charge in [-0.15, -0.1) is 6.58 Å². The topological polar surface area (TPSA) is 61.8 Å². The summed E-state index contributed by atoms with van der Waals surface area (Å²) < 4.78 is 14.4. The number of nitrogens with one attached hydrogen (secondary N) is 1. The standard InChI is InChI=1S/C21H16Cl2FN3O2S/c1-2-9-25-19(28)12-30-21-26-17(11-13-7-8-14(22)15(23)10-13)20(29)27(21)18-6-4-3-5-16(18)24/h2-8,10-11H,1,9,12H2,(H,25,28)/b17-11+. The fraction of sp³-hybridized carbons (Fsp3) is 0.0952. The van der Waals surface area contributed by atoms with Crippen LogP contribution in [0, 0.1) is 5.82 Å². The van der Waals surface area contributed by atoms with Crippen LogP contribution in [0.15, 0.2) is 65.8 Å². The molecular weight excluding hydrogens is 448 g/mol. The Kier molecular flexibility index (Phi) is 7.31.